The molecule has 9 heteroatoms. The molecule has 8 nitrogen and oxygen atoms in total. The van der Waals surface area contributed by atoms with Gasteiger partial charge in [0.05, 0.1) is 19.1 Å². The second-order valence-electron chi connectivity index (χ2n) is 11.5. The largest absolute Gasteiger partial charge is 0.493 e. The molecule has 2 heterocycles. The minimum absolute atomic E-state index is 0.0563. The summed E-state index contributed by atoms with van der Waals surface area (Å²) in [6.07, 6.45) is 3.63. The highest BCUT2D eigenvalue weighted by Crippen LogP contribution is 2.49. The van der Waals surface area contributed by atoms with Gasteiger partial charge in [-0.1, -0.05) is 49.7 Å². The number of aryl methyl sites for hydroxylation is 3. The van der Waals surface area contributed by atoms with Gasteiger partial charge in [-0.25, -0.2) is 0 Å². The molecule has 1 unspecified atom stereocenters. The van der Waals surface area contributed by atoms with Gasteiger partial charge >= 0.3 is 5.97 Å². The second-order valence-corrected chi connectivity index (χ2v) is 12.5. The molecule has 0 bridgehead atoms. The monoisotopic (exact) mass is 618 g/mol. The zero-order valence-corrected chi connectivity index (χ0v) is 27.0. The number of carbonyl (C=O) groups excluding carboxylic acids is 1. The van der Waals surface area contributed by atoms with E-state index >= 15 is 0 Å². The number of aliphatic carboxylic acids is 1. The lowest BCUT2D eigenvalue weighted by Gasteiger charge is -2.27. The van der Waals surface area contributed by atoms with Crippen molar-refractivity contribution in [1.29, 1.82) is 0 Å². The van der Waals surface area contributed by atoms with Crippen molar-refractivity contribution in [3.05, 3.63) is 81.9 Å². The van der Waals surface area contributed by atoms with Gasteiger partial charge in [0.1, 0.15) is 5.75 Å². The summed E-state index contributed by atoms with van der Waals surface area (Å²) >= 11 is 1.71. The number of benzene rings is 3. The number of carbonyl (C=O) groups is 2. The Labute approximate surface area is 264 Å². The van der Waals surface area contributed by atoms with Gasteiger partial charge in [-0.2, -0.15) is 11.8 Å². The lowest BCUT2D eigenvalue weighted by Crippen LogP contribution is -2.35. The van der Waals surface area contributed by atoms with E-state index in [0.29, 0.717) is 24.7 Å². The van der Waals surface area contributed by atoms with E-state index in [9.17, 15) is 14.7 Å². The Morgan fingerprint density at radius 2 is 1.75 bits per heavy atom. The Morgan fingerprint density at radius 1 is 1.05 bits per heavy atom. The predicted molar refractivity (Wildman–Crippen MR) is 174 cm³/mol. The van der Waals surface area contributed by atoms with E-state index in [1.54, 1.807) is 11.8 Å². The van der Waals surface area contributed by atoms with Crippen molar-refractivity contribution in [3.63, 3.8) is 0 Å². The Morgan fingerprint density at radius 3 is 2.39 bits per heavy atom. The van der Waals surface area contributed by atoms with Crippen LogP contribution in [0.5, 0.6) is 17.2 Å². The Balaban J connectivity index is 1.49. The number of hydrogen-bond donors (Lipinski definition) is 2. The highest BCUT2D eigenvalue weighted by atomic mass is 32.2. The van der Waals surface area contributed by atoms with Crippen LogP contribution in [0.25, 0.3) is 0 Å². The van der Waals surface area contributed by atoms with E-state index in [4.69, 9.17) is 14.2 Å². The van der Waals surface area contributed by atoms with Crippen molar-refractivity contribution >= 4 is 29.3 Å². The van der Waals surface area contributed by atoms with E-state index in [-0.39, 0.29) is 25.2 Å². The van der Waals surface area contributed by atoms with Crippen LogP contribution in [0.4, 0.5) is 5.69 Å². The normalized spacial score (nSPS) is 19.2. The average Bonchev–Trinajstić information content (AvgIpc) is 3.64. The molecule has 44 heavy (non-hydrogen) atoms. The molecular formula is C35H42N2O6S. The van der Waals surface area contributed by atoms with Crippen molar-refractivity contribution in [3.8, 4) is 17.2 Å². The number of thioether (sulfide) groups is 1. The molecule has 0 aromatic heterocycles. The summed E-state index contributed by atoms with van der Waals surface area (Å²) in [5.41, 5.74) is 6.84. The Hall–Kier alpha value is -3.69. The minimum atomic E-state index is -0.902. The van der Waals surface area contributed by atoms with Crippen molar-refractivity contribution in [1.82, 2.24) is 4.90 Å². The summed E-state index contributed by atoms with van der Waals surface area (Å²) in [4.78, 5) is 28.8. The van der Waals surface area contributed by atoms with E-state index in [1.165, 1.54) is 5.56 Å². The van der Waals surface area contributed by atoms with E-state index < -0.39 is 17.9 Å². The number of ether oxygens (including phenoxy) is 3. The van der Waals surface area contributed by atoms with Gasteiger partial charge in [0.2, 0.25) is 12.7 Å². The second kappa shape index (κ2) is 13.9. The van der Waals surface area contributed by atoms with Gasteiger partial charge in [-0.15, -0.1) is 0 Å². The van der Waals surface area contributed by atoms with Crippen LogP contribution in [0.3, 0.4) is 0 Å². The van der Waals surface area contributed by atoms with Crippen molar-refractivity contribution in [2.45, 2.75) is 52.5 Å². The number of rotatable bonds is 12. The molecule has 1 saturated heterocycles. The summed E-state index contributed by atoms with van der Waals surface area (Å²) < 4.78 is 17.2. The zero-order chi connectivity index (χ0) is 31.4. The fourth-order valence-corrected chi connectivity index (χ4v) is 6.91. The van der Waals surface area contributed by atoms with Crippen molar-refractivity contribution in [2.75, 3.05) is 43.8 Å². The maximum Gasteiger partial charge on any atom is 0.309 e. The number of likely N-dealkylation sites (tertiary alicyclic amines) is 1. The van der Waals surface area contributed by atoms with Crippen LogP contribution in [-0.4, -0.2) is 60.4 Å². The highest BCUT2D eigenvalue weighted by Gasteiger charge is 2.48. The van der Waals surface area contributed by atoms with E-state index in [1.807, 2.05) is 54.5 Å². The van der Waals surface area contributed by atoms with Gasteiger partial charge in [0.15, 0.2) is 11.5 Å². The molecule has 0 aliphatic carbocycles. The maximum absolute atomic E-state index is 13.7. The molecule has 3 aromatic rings. The maximum atomic E-state index is 13.7. The third kappa shape index (κ3) is 6.54. The van der Waals surface area contributed by atoms with Gasteiger partial charge in [0, 0.05) is 29.9 Å². The lowest BCUT2D eigenvalue weighted by molar-refractivity contribution is -0.143. The number of nitrogens with one attached hydrogen (secondary N) is 1. The number of carboxylic acids is 1. The van der Waals surface area contributed by atoms with Crippen molar-refractivity contribution in [2.24, 2.45) is 5.92 Å². The first-order chi connectivity index (χ1) is 21.2. The summed E-state index contributed by atoms with van der Waals surface area (Å²) in [6.45, 7) is 9.39. The molecule has 234 valence electrons. The summed E-state index contributed by atoms with van der Waals surface area (Å²) in [7, 11) is 0. The fraction of sp³-hybridized carbons (Fsp3) is 0.429. The topological polar surface area (TPSA) is 97.3 Å². The fourth-order valence-electron chi connectivity index (χ4n) is 6.66. The molecule has 3 aromatic carbocycles. The molecule has 0 radical (unpaired) electrons. The third-order valence-electron chi connectivity index (χ3n) is 8.71. The molecule has 2 aliphatic heterocycles. The molecule has 5 rings (SSSR count). The first-order valence-electron chi connectivity index (χ1n) is 15.3. The molecule has 0 saturated carbocycles. The Kier molecular flexibility index (Phi) is 10.1. The van der Waals surface area contributed by atoms with Crippen molar-refractivity contribution < 1.29 is 28.9 Å². The first kappa shape index (κ1) is 31.7. The van der Waals surface area contributed by atoms with E-state index in [0.717, 1.165) is 57.8 Å². The number of carboxylic acid groups (broad SMARTS) is 1. The van der Waals surface area contributed by atoms with Gasteiger partial charge in [0.25, 0.3) is 0 Å². The Bertz CT molecular complexity index is 1480. The quantitative estimate of drug-likeness (QED) is 0.226. The first-order valence-corrected chi connectivity index (χ1v) is 16.6. The number of anilines is 1. The van der Waals surface area contributed by atoms with Crippen LogP contribution < -0.4 is 19.5 Å². The molecule has 2 aliphatic rings. The molecule has 3 atom stereocenters. The highest BCUT2D eigenvalue weighted by molar-refractivity contribution is 7.98. The summed E-state index contributed by atoms with van der Waals surface area (Å²) in [5.74, 6) is 0.718. The van der Waals surface area contributed by atoms with Crippen LogP contribution in [0.15, 0.2) is 48.5 Å². The standard InChI is InChI=1S/C35H42N2O6S/c1-6-23-16-21(3)17-24(7-2)32(23)36-30(38)19-37-18-28(27-12-13-29-34(22(27)4)43-20-42-29)31(35(39)40)33(37)25-8-10-26(11-9-25)41-14-15-44-5/h8-13,16-17,28,31,33H,6-7,14-15,18-20H2,1-5H3,(H,36,38)(H,39,40)/t28-,31?,33+/m1/s1. The number of nitrogens with zero attached hydrogens (tertiary/aromatic N) is 1. The molecule has 2 N–H and O–H groups in total. The van der Waals surface area contributed by atoms with Gasteiger partial charge < -0.3 is 24.6 Å². The minimum Gasteiger partial charge on any atom is -0.493 e. The molecular weight excluding hydrogens is 576 g/mol. The number of fused-ring (bicyclic) bond motifs is 1. The molecule has 1 amide bonds. The van der Waals surface area contributed by atoms with Crippen LogP contribution in [0.1, 0.15) is 59.2 Å². The van der Waals surface area contributed by atoms with E-state index in [2.05, 4.69) is 38.2 Å². The third-order valence-corrected chi connectivity index (χ3v) is 9.28. The lowest BCUT2D eigenvalue weighted by atomic mass is 9.81. The van der Waals surface area contributed by atoms with Crippen LogP contribution in [0, 0.1) is 19.8 Å². The zero-order valence-electron chi connectivity index (χ0n) is 26.1. The molecule has 1 fully saturated rings. The summed E-state index contributed by atoms with van der Waals surface area (Å²) in [6, 6.07) is 15.1. The van der Waals surface area contributed by atoms with Gasteiger partial charge in [-0.3, -0.25) is 14.5 Å². The van der Waals surface area contributed by atoms with Crippen LogP contribution >= 0.6 is 11.8 Å². The number of hydrogen-bond acceptors (Lipinski definition) is 7. The summed E-state index contributed by atoms with van der Waals surface area (Å²) in [5, 5.41) is 13.9. The van der Waals surface area contributed by atoms with Crippen LogP contribution in [-0.2, 0) is 22.4 Å². The number of amides is 1. The smallest absolute Gasteiger partial charge is 0.309 e. The molecule has 0 spiro atoms. The predicted octanol–water partition coefficient (Wildman–Crippen LogP) is 6.38. The van der Waals surface area contributed by atoms with Gasteiger partial charge in [-0.05, 0) is 79.0 Å². The SMILES string of the molecule is CCc1cc(C)cc(CC)c1NC(=O)CN1C[C@H](c2ccc3c(c2C)OCO3)C(C(=O)O)[C@@H]1c1ccc(OCCSC)cc1. The van der Waals surface area contributed by atoms with Crippen LogP contribution in [0.2, 0.25) is 0 Å². The average molecular weight is 619 g/mol.